The van der Waals surface area contributed by atoms with Crippen LogP contribution in [0.5, 0.6) is 5.75 Å². The summed E-state index contributed by atoms with van der Waals surface area (Å²) in [6.45, 7) is -0.242. The van der Waals surface area contributed by atoms with Gasteiger partial charge in [0.25, 0.3) is 5.69 Å². The van der Waals surface area contributed by atoms with E-state index in [1.54, 1.807) is 0 Å². The zero-order valence-corrected chi connectivity index (χ0v) is 8.21. The average molecular weight is 212 g/mol. The molecular formula is C9H12N2O4. The maximum absolute atomic E-state index is 10.5. The van der Waals surface area contributed by atoms with Crippen LogP contribution in [0.3, 0.4) is 0 Å². The SMILES string of the molecule is COc1cc([N+](=O)[O-])ccc1C(N)CO. The van der Waals surface area contributed by atoms with Crippen LogP contribution in [0.15, 0.2) is 18.2 Å². The molecule has 0 radical (unpaired) electrons. The highest BCUT2D eigenvalue weighted by Gasteiger charge is 2.15. The molecule has 6 heteroatoms. The Bertz CT molecular complexity index is 367. The number of benzene rings is 1. The van der Waals surface area contributed by atoms with E-state index in [2.05, 4.69) is 0 Å². The van der Waals surface area contributed by atoms with Crippen molar-refractivity contribution in [2.75, 3.05) is 13.7 Å². The summed E-state index contributed by atoms with van der Waals surface area (Å²) in [6, 6.07) is 3.50. The van der Waals surface area contributed by atoms with Gasteiger partial charge in [0.15, 0.2) is 0 Å². The predicted octanol–water partition coefficient (Wildman–Crippen LogP) is 0.595. The smallest absolute Gasteiger partial charge is 0.273 e. The van der Waals surface area contributed by atoms with Gasteiger partial charge in [-0.2, -0.15) is 0 Å². The molecule has 0 bridgehead atoms. The van der Waals surface area contributed by atoms with Gasteiger partial charge in [-0.25, -0.2) is 0 Å². The molecule has 0 heterocycles. The molecule has 0 spiro atoms. The van der Waals surface area contributed by atoms with Gasteiger partial charge < -0.3 is 15.6 Å². The van der Waals surface area contributed by atoms with E-state index in [4.69, 9.17) is 15.6 Å². The Morgan fingerprint density at radius 3 is 2.80 bits per heavy atom. The second-order valence-electron chi connectivity index (χ2n) is 2.97. The summed E-state index contributed by atoms with van der Waals surface area (Å²) in [5, 5.41) is 19.4. The van der Waals surface area contributed by atoms with E-state index in [0.29, 0.717) is 11.3 Å². The third-order valence-corrected chi connectivity index (χ3v) is 2.02. The maximum atomic E-state index is 10.5. The number of hydrogen-bond donors (Lipinski definition) is 2. The van der Waals surface area contributed by atoms with Gasteiger partial charge in [-0.05, 0) is 6.07 Å². The van der Waals surface area contributed by atoms with E-state index in [0.717, 1.165) is 0 Å². The number of ether oxygens (including phenoxy) is 1. The molecule has 0 aliphatic heterocycles. The van der Waals surface area contributed by atoms with Gasteiger partial charge >= 0.3 is 0 Å². The van der Waals surface area contributed by atoms with Crippen molar-refractivity contribution in [1.29, 1.82) is 0 Å². The summed E-state index contributed by atoms with van der Waals surface area (Å²) in [5.74, 6) is 0.311. The minimum absolute atomic E-state index is 0.0688. The zero-order chi connectivity index (χ0) is 11.4. The Balaban J connectivity index is 3.14. The van der Waals surface area contributed by atoms with Crippen molar-refractivity contribution >= 4 is 5.69 Å². The first-order valence-corrected chi connectivity index (χ1v) is 4.29. The molecule has 0 aliphatic rings. The Morgan fingerprint density at radius 1 is 1.67 bits per heavy atom. The fourth-order valence-corrected chi connectivity index (χ4v) is 1.22. The Hall–Kier alpha value is -1.66. The molecule has 0 aromatic heterocycles. The molecule has 6 nitrogen and oxygen atoms in total. The topological polar surface area (TPSA) is 98.6 Å². The molecular weight excluding hydrogens is 200 g/mol. The number of nitro groups is 1. The number of aliphatic hydroxyl groups excluding tert-OH is 1. The lowest BCUT2D eigenvalue weighted by Gasteiger charge is -2.12. The molecule has 1 unspecified atom stereocenters. The third-order valence-electron chi connectivity index (χ3n) is 2.02. The van der Waals surface area contributed by atoms with E-state index < -0.39 is 11.0 Å². The molecule has 0 saturated carbocycles. The molecule has 82 valence electrons. The molecule has 0 amide bonds. The van der Waals surface area contributed by atoms with Gasteiger partial charge in [0.05, 0.1) is 30.7 Å². The number of non-ortho nitro benzene ring substituents is 1. The van der Waals surface area contributed by atoms with Gasteiger partial charge in [0.1, 0.15) is 5.75 Å². The number of nitro benzene ring substituents is 1. The molecule has 3 N–H and O–H groups in total. The Morgan fingerprint density at radius 2 is 2.33 bits per heavy atom. The highest BCUT2D eigenvalue weighted by molar-refractivity contribution is 5.45. The number of rotatable bonds is 4. The van der Waals surface area contributed by atoms with Crippen molar-refractivity contribution in [3.05, 3.63) is 33.9 Å². The van der Waals surface area contributed by atoms with Crippen molar-refractivity contribution in [1.82, 2.24) is 0 Å². The predicted molar refractivity (Wildman–Crippen MR) is 53.7 cm³/mol. The monoisotopic (exact) mass is 212 g/mol. The zero-order valence-electron chi connectivity index (χ0n) is 8.21. The van der Waals surface area contributed by atoms with Gasteiger partial charge in [-0.1, -0.05) is 0 Å². The highest BCUT2D eigenvalue weighted by Crippen LogP contribution is 2.28. The molecule has 0 saturated heterocycles. The largest absolute Gasteiger partial charge is 0.496 e. The molecule has 0 fully saturated rings. The quantitative estimate of drug-likeness (QED) is 0.562. The third kappa shape index (κ3) is 2.42. The van der Waals surface area contributed by atoms with E-state index in [9.17, 15) is 10.1 Å². The maximum Gasteiger partial charge on any atom is 0.273 e. The lowest BCUT2D eigenvalue weighted by atomic mass is 10.1. The van der Waals surface area contributed by atoms with E-state index in [1.807, 2.05) is 0 Å². The number of nitrogens with two attached hydrogens (primary N) is 1. The van der Waals surface area contributed by atoms with E-state index in [-0.39, 0.29) is 12.3 Å². The van der Waals surface area contributed by atoms with Gasteiger partial charge in [0.2, 0.25) is 0 Å². The lowest BCUT2D eigenvalue weighted by Crippen LogP contribution is -2.15. The molecule has 1 aromatic carbocycles. The summed E-state index contributed by atoms with van der Waals surface area (Å²) >= 11 is 0. The summed E-state index contributed by atoms with van der Waals surface area (Å²) in [5.41, 5.74) is 6.08. The van der Waals surface area contributed by atoms with Crippen LogP contribution in [0.4, 0.5) is 5.69 Å². The normalized spacial score (nSPS) is 12.2. The average Bonchev–Trinajstić information content (AvgIpc) is 2.27. The van der Waals surface area contributed by atoms with Crippen LogP contribution < -0.4 is 10.5 Å². The van der Waals surface area contributed by atoms with Crippen LogP contribution in [-0.4, -0.2) is 23.7 Å². The van der Waals surface area contributed by atoms with Crippen molar-refractivity contribution in [2.24, 2.45) is 5.73 Å². The first-order valence-electron chi connectivity index (χ1n) is 4.29. The van der Waals surface area contributed by atoms with Gasteiger partial charge in [-0.3, -0.25) is 10.1 Å². The molecule has 0 aliphatic carbocycles. The Kier molecular flexibility index (Phi) is 3.59. The van der Waals surface area contributed by atoms with E-state index in [1.165, 1.54) is 25.3 Å². The molecule has 1 rings (SSSR count). The standard InChI is InChI=1S/C9H12N2O4/c1-15-9-4-6(11(13)14)2-3-7(9)8(10)5-12/h2-4,8,12H,5,10H2,1H3. The highest BCUT2D eigenvalue weighted by atomic mass is 16.6. The molecule has 1 atom stereocenters. The molecule has 15 heavy (non-hydrogen) atoms. The van der Waals surface area contributed by atoms with Crippen molar-refractivity contribution in [3.8, 4) is 5.75 Å². The first-order chi connectivity index (χ1) is 7.10. The van der Waals surface area contributed by atoms with Crippen LogP contribution >= 0.6 is 0 Å². The number of aliphatic hydroxyl groups is 1. The summed E-state index contributed by atoms with van der Waals surface area (Å²) in [6.07, 6.45) is 0. The van der Waals surface area contributed by atoms with Crippen molar-refractivity contribution < 1.29 is 14.8 Å². The van der Waals surface area contributed by atoms with Crippen LogP contribution in [0.25, 0.3) is 0 Å². The second-order valence-corrected chi connectivity index (χ2v) is 2.97. The van der Waals surface area contributed by atoms with Crippen molar-refractivity contribution in [3.63, 3.8) is 0 Å². The van der Waals surface area contributed by atoms with Crippen LogP contribution in [0.2, 0.25) is 0 Å². The summed E-state index contributed by atoms with van der Waals surface area (Å²) in [4.78, 5) is 9.97. The number of hydrogen-bond acceptors (Lipinski definition) is 5. The number of nitrogens with zero attached hydrogens (tertiary/aromatic N) is 1. The van der Waals surface area contributed by atoms with E-state index >= 15 is 0 Å². The minimum atomic E-state index is -0.597. The molecule has 1 aromatic rings. The Labute approximate surface area is 86.4 Å². The first kappa shape index (κ1) is 11.4. The lowest BCUT2D eigenvalue weighted by molar-refractivity contribution is -0.384. The van der Waals surface area contributed by atoms with Gasteiger partial charge in [0, 0.05) is 11.6 Å². The fourth-order valence-electron chi connectivity index (χ4n) is 1.22. The second kappa shape index (κ2) is 4.72. The van der Waals surface area contributed by atoms with Crippen molar-refractivity contribution in [2.45, 2.75) is 6.04 Å². The summed E-state index contributed by atoms with van der Waals surface area (Å²) < 4.78 is 4.96. The fraction of sp³-hybridized carbons (Fsp3) is 0.333. The number of methoxy groups -OCH3 is 1. The van der Waals surface area contributed by atoms with Gasteiger partial charge in [-0.15, -0.1) is 0 Å². The van der Waals surface area contributed by atoms with Crippen LogP contribution in [0, 0.1) is 10.1 Å². The van der Waals surface area contributed by atoms with Crippen LogP contribution in [-0.2, 0) is 0 Å². The summed E-state index contributed by atoms with van der Waals surface area (Å²) in [7, 11) is 1.40. The van der Waals surface area contributed by atoms with Crippen LogP contribution in [0.1, 0.15) is 11.6 Å². The minimum Gasteiger partial charge on any atom is -0.496 e.